The molecule has 2 aromatic carbocycles. The monoisotopic (exact) mass is 410 g/mol. The molecule has 7 heteroatoms. The molecule has 2 N–H and O–H groups in total. The number of benzene rings is 2. The summed E-state index contributed by atoms with van der Waals surface area (Å²) in [7, 11) is -3.65. The molecule has 1 heterocycles. The van der Waals surface area contributed by atoms with Gasteiger partial charge in [0.05, 0.1) is 17.7 Å². The van der Waals surface area contributed by atoms with E-state index in [9.17, 15) is 13.2 Å². The van der Waals surface area contributed by atoms with E-state index in [1.807, 2.05) is 32.0 Å². The van der Waals surface area contributed by atoms with Crippen LogP contribution in [0.5, 0.6) is 0 Å². The third kappa shape index (κ3) is 5.91. The highest BCUT2D eigenvalue weighted by Crippen LogP contribution is 2.15. The molecule has 1 amide bonds. The van der Waals surface area contributed by atoms with Crippen LogP contribution < -0.4 is 10.0 Å². The summed E-state index contributed by atoms with van der Waals surface area (Å²) < 4.78 is 32.3. The van der Waals surface area contributed by atoms with Crippen LogP contribution in [-0.2, 0) is 21.4 Å². The second kappa shape index (κ2) is 8.89. The first kappa shape index (κ1) is 20.6. The first-order valence-corrected chi connectivity index (χ1v) is 10.5. The summed E-state index contributed by atoms with van der Waals surface area (Å²) >= 11 is 0. The molecule has 150 valence electrons. The van der Waals surface area contributed by atoms with E-state index in [2.05, 4.69) is 10.0 Å². The number of aryl methyl sites for hydroxylation is 2. The molecule has 29 heavy (non-hydrogen) atoms. The Bertz CT molecular complexity index is 1100. The minimum absolute atomic E-state index is 0.0790. The number of nitrogens with one attached hydrogen (secondary N) is 2. The highest BCUT2D eigenvalue weighted by molar-refractivity contribution is 7.89. The van der Waals surface area contributed by atoms with Crippen molar-refractivity contribution in [2.24, 2.45) is 0 Å². The lowest BCUT2D eigenvalue weighted by Crippen LogP contribution is -2.22. The van der Waals surface area contributed by atoms with Gasteiger partial charge in [-0.2, -0.15) is 0 Å². The van der Waals surface area contributed by atoms with Gasteiger partial charge in [0.25, 0.3) is 0 Å². The van der Waals surface area contributed by atoms with Gasteiger partial charge in [-0.3, -0.25) is 4.79 Å². The summed E-state index contributed by atoms with van der Waals surface area (Å²) in [6, 6.07) is 15.5. The van der Waals surface area contributed by atoms with Gasteiger partial charge in [-0.25, -0.2) is 13.1 Å². The zero-order valence-electron chi connectivity index (χ0n) is 16.2. The Morgan fingerprint density at radius 1 is 1.03 bits per heavy atom. The maximum Gasteiger partial charge on any atom is 0.248 e. The second-order valence-electron chi connectivity index (χ2n) is 6.67. The number of carbonyl (C=O) groups excluding carboxylic acids is 1. The van der Waals surface area contributed by atoms with E-state index < -0.39 is 10.0 Å². The average molecular weight is 410 g/mol. The third-order valence-electron chi connectivity index (χ3n) is 4.12. The van der Waals surface area contributed by atoms with Crippen LogP contribution in [-0.4, -0.2) is 14.3 Å². The first-order valence-electron chi connectivity index (χ1n) is 9.01. The molecule has 0 fully saturated rings. The third-order valence-corrected chi connectivity index (χ3v) is 5.54. The van der Waals surface area contributed by atoms with Crippen LogP contribution in [0.4, 0.5) is 5.69 Å². The number of hydrogen-bond acceptors (Lipinski definition) is 4. The van der Waals surface area contributed by atoms with Crippen molar-refractivity contribution in [1.29, 1.82) is 0 Å². The number of carbonyl (C=O) groups is 1. The molecule has 6 nitrogen and oxygen atoms in total. The van der Waals surface area contributed by atoms with Crippen LogP contribution in [0.3, 0.4) is 0 Å². The lowest BCUT2D eigenvalue weighted by molar-refractivity contribution is -0.111. The predicted molar refractivity (Wildman–Crippen MR) is 113 cm³/mol. The largest absolute Gasteiger partial charge is 0.468 e. The molecule has 3 aromatic rings. The van der Waals surface area contributed by atoms with Gasteiger partial charge in [-0.05, 0) is 73.0 Å². The Morgan fingerprint density at radius 3 is 2.34 bits per heavy atom. The molecule has 0 saturated heterocycles. The molecule has 0 saturated carbocycles. The smallest absolute Gasteiger partial charge is 0.248 e. The van der Waals surface area contributed by atoms with Crippen molar-refractivity contribution in [3.63, 3.8) is 0 Å². The lowest BCUT2D eigenvalue weighted by atomic mass is 10.1. The molecule has 0 bridgehead atoms. The fourth-order valence-corrected chi connectivity index (χ4v) is 3.82. The molecule has 0 radical (unpaired) electrons. The van der Waals surface area contributed by atoms with Crippen LogP contribution >= 0.6 is 0 Å². The van der Waals surface area contributed by atoms with Gasteiger partial charge < -0.3 is 9.73 Å². The number of furan rings is 1. The van der Waals surface area contributed by atoms with E-state index in [4.69, 9.17) is 4.42 Å². The Balaban J connectivity index is 1.61. The van der Waals surface area contributed by atoms with Crippen molar-refractivity contribution in [2.75, 3.05) is 5.32 Å². The lowest BCUT2D eigenvalue weighted by Gasteiger charge is -2.06. The highest BCUT2D eigenvalue weighted by atomic mass is 32.2. The number of rotatable bonds is 7. The highest BCUT2D eigenvalue weighted by Gasteiger charge is 2.14. The van der Waals surface area contributed by atoms with Crippen LogP contribution in [0.25, 0.3) is 6.08 Å². The van der Waals surface area contributed by atoms with E-state index >= 15 is 0 Å². The van der Waals surface area contributed by atoms with Gasteiger partial charge in [0.2, 0.25) is 15.9 Å². The van der Waals surface area contributed by atoms with Crippen LogP contribution in [0.1, 0.15) is 22.5 Å². The quantitative estimate of drug-likeness (QED) is 0.576. The van der Waals surface area contributed by atoms with Crippen molar-refractivity contribution in [2.45, 2.75) is 25.3 Å². The normalized spacial score (nSPS) is 11.7. The van der Waals surface area contributed by atoms with E-state index in [0.717, 1.165) is 16.8 Å². The van der Waals surface area contributed by atoms with E-state index in [-0.39, 0.29) is 17.3 Å². The fraction of sp³-hybridized carbons (Fsp3) is 0.136. The van der Waals surface area contributed by atoms with Crippen molar-refractivity contribution >= 4 is 27.7 Å². The Hall–Kier alpha value is -3.16. The van der Waals surface area contributed by atoms with Gasteiger partial charge in [-0.15, -0.1) is 0 Å². The second-order valence-corrected chi connectivity index (χ2v) is 8.44. The van der Waals surface area contributed by atoms with Crippen LogP contribution in [0.2, 0.25) is 0 Å². The van der Waals surface area contributed by atoms with E-state index in [1.165, 1.54) is 24.5 Å². The molecule has 0 spiro atoms. The minimum atomic E-state index is -3.65. The fourth-order valence-electron chi connectivity index (χ4n) is 2.82. The SMILES string of the molecule is Cc1cc(C)cc(NC(=O)/C=C/c2ccc(S(=O)(=O)NCc3ccco3)cc2)c1. The summed E-state index contributed by atoms with van der Waals surface area (Å²) in [4.78, 5) is 12.3. The molecule has 1 aromatic heterocycles. The van der Waals surface area contributed by atoms with Gasteiger partial charge in [-0.1, -0.05) is 18.2 Å². The van der Waals surface area contributed by atoms with Crippen LogP contribution in [0.15, 0.2) is 76.2 Å². The molecule has 0 aliphatic rings. The summed E-state index contributed by atoms with van der Waals surface area (Å²) in [6.07, 6.45) is 4.53. The van der Waals surface area contributed by atoms with E-state index in [0.29, 0.717) is 11.3 Å². The van der Waals surface area contributed by atoms with Gasteiger partial charge in [0.15, 0.2) is 0 Å². The van der Waals surface area contributed by atoms with Gasteiger partial charge in [0, 0.05) is 11.8 Å². The molecule has 0 atom stereocenters. The van der Waals surface area contributed by atoms with Crippen molar-refractivity contribution in [3.8, 4) is 0 Å². The minimum Gasteiger partial charge on any atom is -0.468 e. The summed E-state index contributed by atoms with van der Waals surface area (Å²) in [5, 5.41) is 2.82. The Kier molecular flexibility index (Phi) is 6.31. The number of amides is 1. The van der Waals surface area contributed by atoms with E-state index in [1.54, 1.807) is 30.3 Å². The Labute approximate surface area is 170 Å². The maximum absolute atomic E-state index is 12.3. The summed E-state index contributed by atoms with van der Waals surface area (Å²) in [5.41, 5.74) is 3.59. The van der Waals surface area contributed by atoms with Gasteiger partial charge in [0.1, 0.15) is 5.76 Å². The summed E-state index contributed by atoms with van der Waals surface area (Å²) in [5.74, 6) is 0.273. The van der Waals surface area contributed by atoms with Crippen molar-refractivity contribution in [1.82, 2.24) is 4.72 Å². The van der Waals surface area contributed by atoms with Crippen LogP contribution in [0, 0.1) is 13.8 Å². The molecule has 0 unspecified atom stereocenters. The van der Waals surface area contributed by atoms with Crippen molar-refractivity contribution in [3.05, 3.63) is 89.4 Å². The zero-order valence-corrected chi connectivity index (χ0v) is 17.0. The van der Waals surface area contributed by atoms with Gasteiger partial charge >= 0.3 is 0 Å². The topological polar surface area (TPSA) is 88.4 Å². The number of anilines is 1. The predicted octanol–water partition coefficient (Wildman–Crippen LogP) is 4.03. The standard InChI is InChI=1S/C22H22N2O4S/c1-16-12-17(2)14-19(13-16)24-22(25)10-7-18-5-8-21(9-6-18)29(26,27)23-15-20-4-3-11-28-20/h3-14,23H,15H2,1-2H3,(H,24,25)/b10-7+. The number of hydrogen-bond donors (Lipinski definition) is 2. The zero-order chi connectivity index (χ0) is 20.9. The maximum atomic E-state index is 12.3. The molecular weight excluding hydrogens is 388 g/mol. The molecule has 0 aliphatic carbocycles. The molecule has 0 aliphatic heterocycles. The van der Waals surface area contributed by atoms with Crippen molar-refractivity contribution < 1.29 is 17.6 Å². The summed E-state index contributed by atoms with van der Waals surface area (Å²) in [6.45, 7) is 4.02. The Morgan fingerprint density at radius 2 is 1.72 bits per heavy atom. The average Bonchev–Trinajstić information content (AvgIpc) is 3.18. The molecule has 3 rings (SSSR count). The number of sulfonamides is 1. The first-order chi connectivity index (χ1) is 13.8. The molecular formula is C22H22N2O4S.